The third-order valence-electron chi connectivity index (χ3n) is 2.22. The van der Waals surface area contributed by atoms with Gasteiger partial charge in [0.15, 0.2) is 0 Å². The molecule has 6 nitrogen and oxygen atoms in total. The third kappa shape index (κ3) is 1.90. The Kier molecular flexibility index (Phi) is 2.63. The number of nitrogens with zero attached hydrogens (tertiary/aromatic N) is 3. The first-order valence-corrected chi connectivity index (χ1v) is 4.76. The lowest BCUT2D eigenvalue weighted by Crippen LogP contribution is -2.35. The minimum atomic E-state index is -0.958. The molecule has 0 saturated heterocycles. The van der Waals surface area contributed by atoms with Crippen LogP contribution in [0.2, 0.25) is 0 Å². The SMILES string of the molecule is CC1=NNC(=Nc2ccccc2)C1[N+](=O)[O-]. The van der Waals surface area contributed by atoms with Crippen molar-refractivity contribution in [2.24, 2.45) is 10.1 Å². The summed E-state index contributed by atoms with van der Waals surface area (Å²) in [6.07, 6.45) is 0. The van der Waals surface area contributed by atoms with Crippen LogP contribution in [0, 0.1) is 10.1 Å². The van der Waals surface area contributed by atoms with Gasteiger partial charge in [-0.1, -0.05) is 18.2 Å². The molecule has 0 saturated carbocycles. The Morgan fingerprint density at radius 2 is 2.12 bits per heavy atom. The molecule has 0 aliphatic carbocycles. The number of rotatable bonds is 2. The smallest absolute Gasteiger partial charge is 0.263 e. The average Bonchev–Trinajstić information content (AvgIpc) is 2.61. The van der Waals surface area contributed by atoms with Crippen molar-refractivity contribution in [2.45, 2.75) is 13.0 Å². The summed E-state index contributed by atoms with van der Waals surface area (Å²) in [6.45, 7) is 1.61. The Balaban J connectivity index is 2.30. The van der Waals surface area contributed by atoms with Gasteiger partial charge in [-0.25, -0.2) is 4.99 Å². The van der Waals surface area contributed by atoms with Gasteiger partial charge < -0.3 is 0 Å². The molecule has 1 N–H and O–H groups in total. The summed E-state index contributed by atoms with van der Waals surface area (Å²) in [4.78, 5) is 14.6. The fraction of sp³-hybridized carbons (Fsp3) is 0.200. The van der Waals surface area contributed by atoms with Gasteiger partial charge in [-0.2, -0.15) is 5.10 Å². The summed E-state index contributed by atoms with van der Waals surface area (Å²) in [5.41, 5.74) is 3.67. The molecule has 1 aliphatic heterocycles. The summed E-state index contributed by atoms with van der Waals surface area (Å²) in [6, 6.07) is 8.10. The molecule has 0 aromatic heterocycles. The second-order valence-corrected chi connectivity index (χ2v) is 3.39. The van der Waals surface area contributed by atoms with Crippen molar-refractivity contribution in [3.05, 3.63) is 40.4 Å². The van der Waals surface area contributed by atoms with Crippen molar-refractivity contribution in [1.82, 2.24) is 5.43 Å². The van der Waals surface area contributed by atoms with Crippen molar-refractivity contribution >= 4 is 17.2 Å². The molecule has 0 radical (unpaired) electrons. The number of para-hydroxylation sites is 1. The Morgan fingerprint density at radius 3 is 2.75 bits per heavy atom. The van der Waals surface area contributed by atoms with E-state index in [2.05, 4.69) is 15.5 Å². The standard InChI is InChI=1S/C10H10N4O2/c1-7-9(14(15)16)10(13-12-7)11-8-5-3-2-4-6-8/h2-6,9H,1H3,(H,11,13). The zero-order valence-corrected chi connectivity index (χ0v) is 8.62. The second-order valence-electron chi connectivity index (χ2n) is 3.39. The summed E-state index contributed by atoms with van der Waals surface area (Å²) in [5.74, 6) is 0.258. The molecule has 1 aromatic rings. The monoisotopic (exact) mass is 218 g/mol. The molecule has 1 aliphatic rings. The van der Waals surface area contributed by atoms with Gasteiger partial charge in [0.2, 0.25) is 5.84 Å². The zero-order chi connectivity index (χ0) is 11.5. The van der Waals surface area contributed by atoms with E-state index in [1.165, 1.54) is 0 Å². The third-order valence-corrected chi connectivity index (χ3v) is 2.22. The number of nitrogens with one attached hydrogen (secondary N) is 1. The van der Waals surface area contributed by atoms with Gasteiger partial charge in [0.05, 0.1) is 5.69 Å². The first-order chi connectivity index (χ1) is 7.68. The first kappa shape index (κ1) is 10.3. The van der Waals surface area contributed by atoms with Gasteiger partial charge in [0, 0.05) is 4.92 Å². The van der Waals surface area contributed by atoms with E-state index >= 15 is 0 Å². The molecule has 1 heterocycles. The molecule has 1 unspecified atom stereocenters. The van der Waals surface area contributed by atoms with Gasteiger partial charge in [-0.3, -0.25) is 15.5 Å². The van der Waals surface area contributed by atoms with Crippen LogP contribution in [-0.4, -0.2) is 22.5 Å². The van der Waals surface area contributed by atoms with Gasteiger partial charge in [-0.05, 0) is 19.1 Å². The predicted octanol–water partition coefficient (Wildman–Crippen LogP) is 1.34. The van der Waals surface area contributed by atoms with E-state index in [1.807, 2.05) is 18.2 Å². The molecule has 82 valence electrons. The van der Waals surface area contributed by atoms with Crippen LogP contribution in [0.1, 0.15) is 6.92 Å². The Hall–Kier alpha value is -2.24. The maximum atomic E-state index is 10.8. The molecule has 0 bridgehead atoms. The molecule has 1 aromatic carbocycles. The maximum absolute atomic E-state index is 10.8. The molecule has 2 rings (SSSR count). The van der Waals surface area contributed by atoms with Crippen LogP contribution in [-0.2, 0) is 0 Å². The number of benzene rings is 1. The van der Waals surface area contributed by atoms with Gasteiger partial charge >= 0.3 is 6.04 Å². The first-order valence-electron chi connectivity index (χ1n) is 4.76. The highest BCUT2D eigenvalue weighted by molar-refractivity contribution is 6.12. The van der Waals surface area contributed by atoms with E-state index in [4.69, 9.17) is 0 Å². The molecular weight excluding hydrogens is 208 g/mol. The maximum Gasteiger partial charge on any atom is 0.310 e. The van der Waals surface area contributed by atoms with E-state index in [0.29, 0.717) is 11.4 Å². The Bertz CT molecular complexity index is 467. The molecule has 0 spiro atoms. The van der Waals surface area contributed by atoms with Crippen LogP contribution in [0.25, 0.3) is 0 Å². The number of aliphatic imine (C=N–C) groups is 1. The number of hydrogen-bond acceptors (Lipinski definition) is 4. The van der Waals surface area contributed by atoms with Crippen LogP contribution in [0.15, 0.2) is 40.4 Å². The minimum absolute atomic E-state index is 0.258. The fourth-order valence-corrected chi connectivity index (χ4v) is 1.45. The quantitative estimate of drug-likeness (QED) is 0.600. The van der Waals surface area contributed by atoms with Crippen molar-refractivity contribution in [3.63, 3.8) is 0 Å². The highest BCUT2D eigenvalue weighted by atomic mass is 16.6. The second kappa shape index (κ2) is 4.09. The number of hydrazone groups is 1. The molecule has 16 heavy (non-hydrogen) atoms. The lowest BCUT2D eigenvalue weighted by Gasteiger charge is -2.02. The molecular formula is C10H10N4O2. The highest BCUT2D eigenvalue weighted by Crippen LogP contribution is 2.13. The lowest BCUT2D eigenvalue weighted by molar-refractivity contribution is -0.484. The fourth-order valence-electron chi connectivity index (χ4n) is 1.45. The van der Waals surface area contributed by atoms with E-state index in [9.17, 15) is 10.1 Å². The molecule has 0 amide bonds. The van der Waals surface area contributed by atoms with Crippen LogP contribution in [0.5, 0.6) is 0 Å². The van der Waals surface area contributed by atoms with Gasteiger partial charge in [0.25, 0.3) is 0 Å². The predicted molar refractivity (Wildman–Crippen MR) is 60.6 cm³/mol. The Morgan fingerprint density at radius 1 is 1.44 bits per heavy atom. The van der Waals surface area contributed by atoms with Crippen LogP contribution >= 0.6 is 0 Å². The van der Waals surface area contributed by atoms with Crippen molar-refractivity contribution < 1.29 is 4.92 Å². The van der Waals surface area contributed by atoms with Gasteiger partial charge in [-0.15, -0.1) is 0 Å². The Labute approximate surface area is 91.8 Å². The zero-order valence-electron chi connectivity index (χ0n) is 8.62. The van der Waals surface area contributed by atoms with E-state index in [0.717, 1.165) is 0 Å². The highest BCUT2D eigenvalue weighted by Gasteiger charge is 2.35. The van der Waals surface area contributed by atoms with Crippen molar-refractivity contribution in [1.29, 1.82) is 0 Å². The van der Waals surface area contributed by atoms with Crippen molar-refractivity contribution in [3.8, 4) is 0 Å². The van der Waals surface area contributed by atoms with E-state index in [-0.39, 0.29) is 5.84 Å². The normalized spacial score (nSPS) is 21.7. The number of amidine groups is 1. The number of hydrogen-bond donors (Lipinski definition) is 1. The number of nitro groups is 1. The van der Waals surface area contributed by atoms with Crippen LogP contribution in [0.4, 0.5) is 5.69 Å². The van der Waals surface area contributed by atoms with E-state index < -0.39 is 11.0 Å². The lowest BCUT2D eigenvalue weighted by atomic mass is 10.2. The summed E-state index contributed by atoms with van der Waals surface area (Å²) >= 11 is 0. The molecule has 1 atom stereocenters. The van der Waals surface area contributed by atoms with Crippen LogP contribution < -0.4 is 5.43 Å². The van der Waals surface area contributed by atoms with Crippen LogP contribution in [0.3, 0.4) is 0 Å². The summed E-state index contributed by atoms with van der Waals surface area (Å²) in [5, 5.41) is 14.6. The summed E-state index contributed by atoms with van der Waals surface area (Å²) in [7, 11) is 0. The molecule has 0 fully saturated rings. The van der Waals surface area contributed by atoms with Crippen molar-refractivity contribution in [2.75, 3.05) is 0 Å². The molecule has 6 heteroatoms. The largest absolute Gasteiger partial charge is 0.310 e. The minimum Gasteiger partial charge on any atom is -0.263 e. The topological polar surface area (TPSA) is 79.9 Å². The van der Waals surface area contributed by atoms with E-state index in [1.54, 1.807) is 19.1 Å². The summed E-state index contributed by atoms with van der Waals surface area (Å²) < 4.78 is 0. The van der Waals surface area contributed by atoms with Gasteiger partial charge in [0.1, 0.15) is 5.71 Å². The average molecular weight is 218 g/mol.